The van der Waals surface area contributed by atoms with Gasteiger partial charge in [0.2, 0.25) is 5.91 Å². The molecular formula is C21H26N2O3. The van der Waals surface area contributed by atoms with Gasteiger partial charge in [-0.15, -0.1) is 0 Å². The van der Waals surface area contributed by atoms with Gasteiger partial charge in [0.15, 0.2) is 0 Å². The fraction of sp³-hybridized carbons (Fsp3) is 0.619. The molecule has 5 rings (SSSR count). The number of fused-ring (bicyclic) bond motifs is 1. The van der Waals surface area contributed by atoms with Crippen LogP contribution in [-0.4, -0.2) is 42.1 Å². The van der Waals surface area contributed by atoms with E-state index in [9.17, 15) is 9.59 Å². The summed E-state index contributed by atoms with van der Waals surface area (Å²) in [7, 11) is 0. The summed E-state index contributed by atoms with van der Waals surface area (Å²) in [6.45, 7) is 2.12. The first-order valence-corrected chi connectivity index (χ1v) is 9.97. The lowest BCUT2D eigenvalue weighted by Gasteiger charge is -2.45. The molecule has 1 saturated carbocycles. The first kappa shape index (κ1) is 16.2. The number of amides is 2. The number of hydrogen-bond donors (Lipinski definition) is 1. The van der Waals surface area contributed by atoms with Crippen molar-refractivity contribution in [2.24, 2.45) is 5.92 Å². The van der Waals surface area contributed by atoms with Gasteiger partial charge in [0.1, 0.15) is 6.61 Å². The Morgan fingerprint density at radius 3 is 2.65 bits per heavy atom. The Morgan fingerprint density at radius 1 is 1.15 bits per heavy atom. The van der Waals surface area contributed by atoms with Crippen LogP contribution < -0.4 is 5.32 Å². The number of benzene rings is 1. The van der Waals surface area contributed by atoms with Crippen molar-refractivity contribution in [2.45, 2.75) is 56.4 Å². The van der Waals surface area contributed by atoms with Gasteiger partial charge in [0.05, 0.1) is 5.54 Å². The van der Waals surface area contributed by atoms with Crippen LogP contribution in [0.25, 0.3) is 0 Å². The minimum atomic E-state index is -0.342. The van der Waals surface area contributed by atoms with E-state index in [-0.39, 0.29) is 23.5 Å². The molecule has 0 aromatic heterocycles. The number of piperidine rings is 1. The Hall–Kier alpha value is -2.04. The van der Waals surface area contributed by atoms with E-state index in [2.05, 4.69) is 23.5 Å². The maximum absolute atomic E-state index is 12.8. The molecule has 0 radical (unpaired) electrons. The third-order valence-corrected chi connectivity index (χ3v) is 6.87. The SMILES string of the molecule is O=C1N[C@]2(CO1)C[C@H](C(=O)N1CCC(c3ccc4c(c3)CCC4)CC1)C2. The smallest absolute Gasteiger partial charge is 0.407 e. The number of carbonyl (C=O) groups excluding carboxylic acids is 2. The number of ether oxygens (including phenoxy) is 1. The predicted molar refractivity (Wildman–Crippen MR) is 97.0 cm³/mol. The molecule has 2 aliphatic carbocycles. The molecule has 5 nitrogen and oxygen atoms in total. The van der Waals surface area contributed by atoms with Gasteiger partial charge in [0, 0.05) is 19.0 Å². The summed E-state index contributed by atoms with van der Waals surface area (Å²) in [5.74, 6) is 0.901. The van der Waals surface area contributed by atoms with Crippen molar-refractivity contribution in [1.82, 2.24) is 10.2 Å². The second kappa shape index (κ2) is 6.00. The van der Waals surface area contributed by atoms with Crippen LogP contribution in [0.15, 0.2) is 18.2 Å². The fourth-order valence-corrected chi connectivity index (χ4v) is 5.31. The standard InChI is InChI=1S/C21H26N2O3/c24-19(18-11-21(12-18)13-26-20(25)22-21)23-8-6-15(7-9-23)17-5-4-14-2-1-3-16(14)10-17/h4-5,10,15,18H,1-3,6-9,11-13H2,(H,22,25)/t18-,21+. The van der Waals surface area contributed by atoms with Gasteiger partial charge >= 0.3 is 6.09 Å². The van der Waals surface area contributed by atoms with Gasteiger partial charge in [-0.3, -0.25) is 4.79 Å². The molecule has 5 heteroatoms. The Labute approximate surface area is 154 Å². The van der Waals surface area contributed by atoms with Crippen LogP contribution in [0.1, 0.15) is 54.7 Å². The second-order valence-electron chi connectivity index (χ2n) is 8.57. The zero-order valence-corrected chi connectivity index (χ0v) is 15.1. The number of aryl methyl sites for hydroxylation is 2. The highest BCUT2D eigenvalue weighted by Crippen LogP contribution is 2.42. The van der Waals surface area contributed by atoms with Crippen molar-refractivity contribution < 1.29 is 14.3 Å². The monoisotopic (exact) mass is 354 g/mol. The molecule has 4 aliphatic rings. The van der Waals surface area contributed by atoms with Crippen LogP contribution in [0.2, 0.25) is 0 Å². The van der Waals surface area contributed by atoms with Crippen LogP contribution in [0, 0.1) is 5.92 Å². The molecule has 138 valence electrons. The number of carbonyl (C=O) groups is 2. The van der Waals surface area contributed by atoms with E-state index in [1.54, 1.807) is 5.56 Å². The molecule has 1 spiro atoms. The van der Waals surface area contributed by atoms with Crippen LogP contribution in [0.5, 0.6) is 0 Å². The Kier molecular flexibility index (Phi) is 3.73. The largest absolute Gasteiger partial charge is 0.447 e. The van der Waals surface area contributed by atoms with Crippen molar-refractivity contribution in [3.63, 3.8) is 0 Å². The summed E-state index contributed by atoms with van der Waals surface area (Å²) >= 11 is 0. The molecule has 1 N–H and O–H groups in total. The summed E-state index contributed by atoms with van der Waals surface area (Å²) in [5.41, 5.74) is 4.27. The molecule has 26 heavy (non-hydrogen) atoms. The summed E-state index contributed by atoms with van der Waals surface area (Å²) in [4.78, 5) is 26.1. The molecule has 2 saturated heterocycles. The number of nitrogens with zero attached hydrogens (tertiary/aromatic N) is 1. The Morgan fingerprint density at radius 2 is 1.92 bits per heavy atom. The molecule has 0 bridgehead atoms. The van der Waals surface area contributed by atoms with E-state index in [0.717, 1.165) is 38.8 Å². The second-order valence-corrected chi connectivity index (χ2v) is 8.57. The minimum Gasteiger partial charge on any atom is -0.447 e. The lowest BCUT2D eigenvalue weighted by Crippen LogP contribution is -2.58. The third kappa shape index (κ3) is 2.68. The number of hydrogen-bond acceptors (Lipinski definition) is 3. The van der Waals surface area contributed by atoms with E-state index in [4.69, 9.17) is 4.74 Å². The summed E-state index contributed by atoms with van der Waals surface area (Å²) in [5, 5.41) is 2.87. The van der Waals surface area contributed by atoms with Gasteiger partial charge in [-0.1, -0.05) is 18.2 Å². The molecular weight excluding hydrogens is 328 g/mol. The number of alkyl carbamates (subject to hydrolysis) is 1. The molecule has 2 amide bonds. The lowest BCUT2D eigenvalue weighted by molar-refractivity contribution is -0.142. The van der Waals surface area contributed by atoms with Crippen LogP contribution in [0.4, 0.5) is 4.79 Å². The topological polar surface area (TPSA) is 58.6 Å². The summed E-state index contributed by atoms with van der Waals surface area (Å²) < 4.78 is 5.00. The molecule has 2 aliphatic heterocycles. The fourth-order valence-electron chi connectivity index (χ4n) is 5.31. The summed E-state index contributed by atoms with van der Waals surface area (Å²) in [6.07, 6.45) is 6.97. The normalized spacial score (nSPS) is 30.7. The van der Waals surface area contributed by atoms with Crippen molar-refractivity contribution >= 4 is 12.0 Å². The van der Waals surface area contributed by atoms with Crippen molar-refractivity contribution in [2.75, 3.05) is 19.7 Å². The molecule has 2 heterocycles. The molecule has 3 fully saturated rings. The quantitative estimate of drug-likeness (QED) is 0.888. The number of nitrogens with one attached hydrogen (secondary N) is 1. The molecule has 0 unspecified atom stereocenters. The first-order valence-electron chi connectivity index (χ1n) is 9.97. The number of cyclic esters (lactones) is 1. The zero-order chi connectivity index (χ0) is 17.7. The van der Waals surface area contributed by atoms with Crippen molar-refractivity contribution in [1.29, 1.82) is 0 Å². The highest BCUT2D eigenvalue weighted by Gasteiger charge is 2.53. The van der Waals surface area contributed by atoms with Crippen LogP contribution in [-0.2, 0) is 22.4 Å². The summed E-state index contributed by atoms with van der Waals surface area (Å²) in [6, 6.07) is 7.05. The van der Waals surface area contributed by atoms with Crippen LogP contribution in [0.3, 0.4) is 0 Å². The van der Waals surface area contributed by atoms with E-state index >= 15 is 0 Å². The third-order valence-electron chi connectivity index (χ3n) is 6.87. The number of likely N-dealkylation sites (tertiary alicyclic amines) is 1. The average molecular weight is 354 g/mol. The highest BCUT2D eigenvalue weighted by atomic mass is 16.6. The van der Waals surface area contributed by atoms with Gasteiger partial charge in [-0.2, -0.15) is 0 Å². The highest BCUT2D eigenvalue weighted by molar-refractivity contribution is 5.81. The maximum Gasteiger partial charge on any atom is 0.407 e. The van der Waals surface area contributed by atoms with Gasteiger partial charge in [0.25, 0.3) is 0 Å². The lowest BCUT2D eigenvalue weighted by atomic mass is 9.68. The predicted octanol–water partition coefficient (Wildman–Crippen LogP) is 2.77. The van der Waals surface area contributed by atoms with E-state index in [1.165, 1.54) is 30.4 Å². The minimum absolute atomic E-state index is 0.0496. The maximum atomic E-state index is 12.8. The zero-order valence-electron chi connectivity index (χ0n) is 15.1. The molecule has 1 aromatic carbocycles. The average Bonchev–Trinajstić information content (AvgIpc) is 3.26. The Bertz CT molecular complexity index is 746. The molecule has 1 aromatic rings. The van der Waals surface area contributed by atoms with E-state index in [1.807, 2.05) is 4.90 Å². The Balaban J connectivity index is 1.16. The van der Waals surface area contributed by atoms with Crippen molar-refractivity contribution in [3.8, 4) is 0 Å². The van der Waals surface area contributed by atoms with Crippen LogP contribution >= 0.6 is 0 Å². The van der Waals surface area contributed by atoms with E-state index < -0.39 is 0 Å². The number of rotatable bonds is 2. The first-order chi connectivity index (χ1) is 12.6. The van der Waals surface area contributed by atoms with Gasteiger partial charge < -0.3 is 15.0 Å². The molecule has 0 atom stereocenters. The van der Waals surface area contributed by atoms with Gasteiger partial charge in [-0.25, -0.2) is 4.79 Å². The van der Waals surface area contributed by atoms with Gasteiger partial charge in [-0.05, 0) is 67.6 Å². The van der Waals surface area contributed by atoms with E-state index in [0.29, 0.717) is 12.5 Å². The van der Waals surface area contributed by atoms with Crippen molar-refractivity contribution in [3.05, 3.63) is 34.9 Å².